The first-order valence-corrected chi connectivity index (χ1v) is 6.92. The van der Waals surface area contributed by atoms with Gasteiger partial charge in [0.1, 0.15) is 0 Å². The Morgan fingerprint density at radius 3 is 2.29 bits per heavy atom. The van der Waals surface area contributed by atoms with Gasteiger partial charge < -0.3 is 10.2 Å². The summed E-state index contributed by atoms with van der Waals surface area (Å²) in [6.07, 6.45) is -4.49. The van der Waals surface area contributed by atoms with Crippen LogP contribution < -0.4 is 5.32 Å². The van der Waals surface area contributed by atoms with Gasteiger partial charge in [-0.15, -0.1) is 0 Å². The van der Waals surface area contributed by atoms with Crippen molar-refractivity contribution in [2.45, 2.75) is 20.0 Å². The van der Waals surface area contributed by atoms with E-state index in [1.807, 2.05) is 13.8 Å². The Morgan fingerprint density at radius 2 is 1.81 bits per heavy atom. The second-order valence-corrected chi connectivity index (χ2v) is 5.67. The standard InChI is InChI=1S/C15H19F3N2O/c1-9-7-20(8-10(9)2)14(21)11-4-5-13(19-3)12(6-11)15(16,17)18/h4-6,9-10,19H,7-8H2,1-3H3. The maximum Gasteiger partial charge on any atom is 0.418 e. The van der Waals surface area contributed by atoms with Crippen molar-refractivity contribution in [3.8, 4) is 0 Å². The average molecular weight is 300 g/mol. The molecule has 1 saturated heterocycles. The van der Waals surface area contributed by atoms with Crippen LogP contribution in [-0.4, -0.2) is 30.9 Å². The summed E-state index contributed by atoms with van der Waals surface area (Å²) in [4.78, 5) is 14.0. The first-order valence-electron chi connectivity index (χ1n) is 6.92. The van der Waals surface area contributed by atoms with E-state index >= 15 is 0 Å². The molecular formula is C15H19F3N2O. The van der Waals surface area contributed by atoms with E-state index in [0.717, 1.165) is 6.07 Å². The van der Waals surface area contributed by atoms with E-state index in [1.165, 1.54) is 19.2 Å². The topological polar surface area (TPSA) is 32.3 Å². The summed E-state index contributed by atoms with van der Waals surface area (Å²) < 4.78 is 39.0. The second kappa shape index (κ2) is 5.58. The molecule has 6 heteroatoms. The van der Waals surface area contributed by atoms with Crippen LogP contribution in [0.1, 0.15) is 29.8 Å². The lowest BCUT2D eigenvalue weighted by Gasteiger charge is -2.18. The zero-order valence-corrected chi connectivity index (χ0v) is 12.3. The van der Waals surface area contributed by atoms with Crippen LogP contribution in [0.15, 0.2) is 18.2 Å². The molecule has 1 aliphatic heterocycles. The highest BCUT2D eigenvalue weighted by Crippen LogP contribution is 2.35. The van der Waals surface area contributed by atoms with Gasteiger partial charge in [0.05, 0.1) is 5.56 Å². The largest absolute Gasteiger partial charge is 0.418 e. The van der Waals surface area contributed by atoms with Gasteiger partial charge in [-0.2, -0.15) is 13.2 Å². The highest BCUT2D eigenvalue weighted by atomic mass is 19.4. The van der Waals surface area contributed by atoms with Crippen molar-refractivity contribution < 1.29 is 18.0 Å². The second-order valence-electron chi connectivity index (χ2n) is 5.67. The Balaban J connectivity index is 2.31. The maximum absolute atomic E-state index is 13.0. The summed E-state index contributed by atoms with van der Waals surface area (Å²) in [7, 11) is 1.43. The molecule has 2 atom stereocenters. The SMILES string of the molecule is CNc1ccc(C(=O)N2CC(C)C(C)C2)cc1C(F)(F)F. The minimum absolute atomic E-state index is 0.0257. The van der Waals surface area contributed by atoms with Crippen molar-refractivity contribution in [3.63, 3.8) is 0 Å². The number of likely N-dealkylation sites (tertiary alicyclic amines) is 1. The number of benzene rings is 1. The third kappa shape index (κ3) is 3.14. The summed E-state index contributed by atoms with van der Waals surface area (Å²) >= 11 is 0. The number of nitrogens with one attached hydrogen (secondary N) is 1. The van der Waals surface area contributed by atoms with Crippen LogP contribution in [0.2, 0.25) is 0 Å². The minimum atomic E-state index is -4.49. The van der Waals surface area contributed by atoms with Gasteiger partial charge in [-0.05, 0) is 30.0 Å². The van der Waals surface area contributed by atoms with Gasteiger partial charge in [0.25, 0.3) is 5.91 Å². The third-order valence-corrected chi connectivity index (χ3v) is 4.12. The summed E-state index contributed by atoms with van der Waals surface area (Å²) in [5.41, 5.74) is -0.749. The Kier molecular flexibility index (Phi) is 4.16. The summed E-state index contributed by atoms with van der Waals surface area (Å²) in [6, 6.07) is 3.68. The van der Waals surface area contributed by atoms with Gasteiger partial charge >= 0.3 is 6.18 Å². The lowest BCUT2D eigenvalue weighted by Crippen LogP contribution is -2.29. The molecule has 2 unspecified atom stereocenters. The zero-order valence-electron chi connectivity index (χ0n) is 12.3. The summed E-state index contributed by atoms with van der Waals surface area (Å²) in [5, 5.41) is 2.51. The number of amides is 1. The van der Waals surface area contributed by atoms with E-state index in [2.05, 4.69) is 5.32 Å². The maximum atomic E-state index is 13.0. The lowest BCUT2D eigenvalue weighted by molar-refractivity contribution is -0.136. The van der Waals surface area contributed by atoms with Crippen LogP contribution >= 0.6 is 0 Å². The van der Waals surface area contributed by atoms with Crippen molar-refractivity contribution >= 4 is 11.6 Å². The smallest absolute Gasteiger partial charge is 0.388 e. The number of carbonyl (C=O) groups is 1. The van der Waals surface area contributed by atoms with Crippen molar-refractivity contribution in [1.29, 1.82) is 0 Å². The van der Waals surface area contributed by atoms with Crippen LogP contribution in [0.4, 0.5) is 18.9 Å². The fourth-order valence-corrected chi connectivity index (χ4v) is 2.61. The predicted molar refractivity (Wildman–Crippen MR) is 75.2 cm³/mol. The van der Waals surface area contributed by atoms with Gasteiger partial charge in [0.2, 0.25) is 0 Å². The molecule has 1 N–H and O–H groups in total. The number of hydrogen-bond acceptors (Lipinski definition) is 2. The fraction of sp³-hybridized carbons (Fsp3) is 0.533. The Labute approximate surface area is 122 Å². The number of carbonyl (C=O) groups excluding carboxylic acids is 1. The van der Waals surface area contributed by atoms with Gasteiger partial charge in [-0.25, -0.2) is 0 Å². The highest BCUT2D eigenvalue weighted by molar-refractivity contribution is 5.95. The first kappa shape index (κ1) is 15.7. The highest BCUT2D eigenvalue weighted by Gasteiger charge is 2.35. The van der Waals surface area contributed by atoms with E-state index < -0.39 is 11.7 Å². The number of halogens is 3. The number of nitrogens with zero attached hydrogens (tertiary/aromatic N) is 1. The number of alkyl halides is 3. The molecule has 1 amide bonds. The molecule has 21 heavy (non-hydrogen) atoms. The Hall–Kier alpha value is -1.72. The summed E-state index contributed by atoms with van der Waals surface area (Å²) in [5.74, 6) is 0.402. The molecule has 1 aliphatic rings. The predicted octanol–water partition coefficient (Wildman–Crippen LogP) is 3.48. The third-order valence-electron chi connectivity index (χ3n) is 4.12. The first-order chi connectivity index (χ1) is 9.74. The molecule has 116 valence electrons. The average Bonchev–Trinajstić information content (AvgIpc) is 2.76. The number of hydrogen-bond donors (Lipinski definition) is 1. The van der Waals surface area contributed by atoms with E-state index in [4.69, 9.17) is 0 Å². The van der Waals surface area contributed by atoms with Crippen LogP contribution in [0.3, 0.4) is 0 Å². The van der Waals surface area contributed by atoms with Gasteiger partial charge in [0, 0.05) is 31.4 Å². The molecule has 3 nitrogen and oxygen atoms in total. The normalized spacial score (nSPS) is 22.5. The molecule has 0 bridgehead atoms. The van der Waals surface area contributed by atoms with E-state index in [0.29, 0.717) is 24.9 Å². The van der Waals surface area contributed by atoms with Crippen LogP contribution in [0.25, 0.3) is 0 Å². The van der Waals surface area contributed by atoms with Gasteiger partial charge in [-0.3, -0.25) is 4.79 Å². The molecule has 0 aromatic heterocycles. The molecule has 1 heterocycles. The molecule has 2 rings (SSSR count). The molecule has 0 saturated carbocycles. The fourth-order valence-electron chi connectivity index (χ4n) is 2.61. The molecule has 0 spiro atoms. The summed E-state index contributed by atoms with van der Waals surface area (Å²) in [6.45, 7) is 5.27. The van der Waals surface area contributed by atoms with E-state index in [9.17, 15) is 18.0 Å². The van der Waals surface area contributed by atoms with Crippen molar-refractivity contribution in [1.82, 2.24) is 4.90 Å². The number of anilines is 1. The molecule has 1 fully saturated rings. The van der Waals surface area contributed by atoms with Crippen molar-refractivity contribution in [2.24, 2.45) is 11.8 Å². The Morgan fingerprint density at radius 1 is 1.24 bits per heavy atom. The van der Waals surface area contributed by atoms with E-state index in [-0.39, 0.29) is 17.2 Å². The van der Waals surface area contributed by atoms with Crippen molar-refractivity contribution in [3.05, 3.63) is 29.3 Å². The monoisotopic (exact) mass is 300 g/mol. The van der Waals surface area contributed by atoms with Gasteiger partial charge in [0.15, 0.2) is 0 Å². The zero-order chi connectivity index (χ0) is 15.8. The van der Waals surface area contributed by atoms with Crippen LogP contribution in [0.5, 0.6) is 0 Å². The molecule has 1 aromatic carbocycles. The molecular weight excluding hydrogens is 281 g/mol. The Bertz CT molecular complexity index is 532. The quantitative estimate of drug-likeness (QED) is 0.907. The lowest BCUT2D eigenvalue weighted by atomic mass is 10.0. The van der Waals surface area contributed by atoms with E-state index in [1.54, 1.807) is 4.90 Å². The minimum Gasteiger partial charge on any atom is -0.388 e. The molecule has 0 radical (unpaired) electrons. The molecule has 0 aliphatic carbocycles. The van der Waals surface area contributed by atoms with Gasteiger partial charge in [-0.1, -0.05) is 13.8 Å². The van der Waals surface area contributed by atoms with Crippen LogP contribution in [-0.2, 0) is 6.18 Å². The van der Waals surface area contributed by atoms with Crippen molar-refractivity contribution in [2.75, 3.05) is 25.5 Å². The molecule has 1 aromatic rings. The van der Waals surface area contributed by atoms with Crippen LogP contribution in [0, 0.1) is 11.8 Å². The number of rotatable bonds is 2.